The molecular formula is C24H26FN3O. The third kappa shape index (κ3) is 4.57. The third-order valence-electron chi connectivity index (χ3n) is 5.67. The van der Waals surface area contributed by atoms with Gasteiger partial charge in [-0.25, -0.2) is 4.39 Å². The van der Waals surface area contributed by atoms with Gasteiger partial charge in [-0.15, -0.1) is 0 Å². The standard InChI is InChI=1S/C24H26FN3O/c25-22-4-2-1-3-18(22)11-12-27-19-8-6-17(7-9-19)21-15-28-23-10-5-16(13-20(21)23)14-24(26)29/h1-6,10,13,15,19,27-28H,7-9,11-12,14H2,(H2,26,29). The van der Waals surface area contributed by atoms with Crippen LogP contribution >= 0.6 is 0 Å². The summed E-state index contributed by atoms with van der Waals surface area (Å²) >= 11 is 0. The Balaban J connectivity index is 1.39. The number of benzene rings is 2. The molecule has 150 valence electrons. The Bertz CT molecular complexity index is 1050. The van der Waals surface area contributed by atoms with Crippen LogP contribution in [0.15, 0.2) is 54.7 Å². The quantitative estimate of drug-likeness (QED) is 0.567. The van der Waals surface area contributed by atoms with Crippen molar-refractivity contribution in [1.82, 2.24) is 10.3 Å². The summed E-state index contributed by atoms with van der Waals surface area (Å²) in [6.07, 6.45) is 8.31. The van der Waals surface area contributed by atoms with E-state index >= 15 is 0 Å². The van der Waals surface area contributed by atoms with Crippen molar-refractivity contribution >= 4 is 22.4 Å². The van der Waals surface area contributed by atoms with Gasteiger partial charge in [-0.05, 0) is 67.1 Å². The van der Waals surface area contributed by atoms with Gasteiger partial charge in [0.25, 0.3) is 0 Å². The van der Waals surface area contributed by atoms with E-state index in [4.69, 9.17) is 5.73 Å². The second-order valence-electron chi connectivity index (χ2n) is 7.72. The lowest BCUT2D eigenvalue weighted by molar-refractivity contribution is -0.117. The number of nitrogens with two attached hydrogens (primary N) is 1. The highest BCUT2D eigenvalue weighted by molar-refractivity contribution is 5.93. The van der Waals surface area contributed by atoms with E-state index in [9.17, 15) is 9.18 Å². The van der Waals surface area contributed by atoms with Crippen molar-refractivity contribution in [3.8, 4) is 0 Å². The fourth-order valence-corrected chi connectivity index (χ4v) is 4.12. The number of amides is 1. The van der Waals surface area contributed by atoms with Gasteiger partial charge in [-0.3, -0.25) is 4.79 Å². The van der Waals surface area contributed by atoms with E-state index in [0.29, 0.717) is 12.5 Å². The van der Waals surface area contributed by atoms with Crippen LogP contribution < -0.4 is 11.1 Å². The molecule has 0 fully saturated rings. The van der Waals surface area contributed by atoms with Crippen LogP contribution in [0, 0.1) is 5.82 Å². The predicted molar refractivity (Wildman–Crippen MR) is 115 cm³/mol. The van der Waals surface area contributed by atoms with Crippen LogP contribution in [-0.4, -0.2) is 23.5 Å². The van der Waals surface area contributed by atoms with Gasteiger partial charge in [0.05, 0.1) is 6.42 Å². The molecule has 1 unspecified atom stereocenters. The maximum absolute atomic E-state index is 13.7. The predicted octanol–water partition coefficient (Wildman–Crippen LogP) is 4.10. The van der Waals surface area contributed by atoms with Gasteiger partial charge in [-0.1, -0.05) is 30.3 Å². The molecule has 0 saturated heterocycles. The number of carbonyl (C=O) groups is 1. The molecule has 4 rings (SSSR count). The van der Waals surface area contributed by atoms with E-state index in [0.717, 1.165) is 47.8 Å². The average Bonchev–Trinajstić information content (AvgIpc) is 3.13. The zero-order chi connectivity index (χ0) is 20.2. The Hall–Kier alpha value is -2.92. The van der Waals surface area contributed by atoms with E-state index < -0.39 is 0 Å². The van der Waals surface area contributed by atoms with E-state index in [1.807, 2.05) is 24.3 Å². The van der Waals surface area contributed by atoms with Crippen LogP contribution in [0.2, 0.25) is 0 Å². The smallest absolute Gasteiger partial charge is 0.221 e. The van der Waals surface area contributed by atoms with Gasteiger partial charge in [0.1, 0.15) is 5.82 Å². The first-order valence-corrected chi connectivity index (χ1v) is 10.1. The van der Waals surface area contributed by atoms with Crippen molar-refractivity contribution in [1.29, 1.82) is 0 Å². The average molecular weight is 391 g/mol. The van der Waals surface area contributed by atoms with Gasteiger partial charge < -0.3 is 16.0 Å². The Kier molecular flexibility index (Phi) is 5.76. The monoisotopic (exact) mass is 391 g/mol. The first-order chi connectivity index (χ1) is 14.1. The molecule has 1 heterocycles. The number of halogens is 1. The number of primary amides is 1. The molecular weight excluding hydrogens is 365 g/mol. The Morgan fingerprint density at radius 1 is 1.24 bits per heavy atom. The van der Waals surface area contributed by atoms with E-state index in [1.165, 1.54) is 17.2 Å². The number of aromatic nitrogens is 1. The third-order valence-corrected chi connectivity index (χ3v) is 5.67. The molecule has 0 bridgehead atoms. The van der Waals surface area contributed by atoms with Crippen molar-refractivity contribution in [2.24, 2.45) is 5.73 Å². The first kappa shape index (κ1) is 19.4. The largest absolute Gasteiger partial charge is 0.369 e. The number of hydrogen-bond acceptors (Lipinski definition) is 2. The minimum absolute atomic E-state index is 0.129. The number of fused-ring (bicyclic) bond motifs is 1. The molecule has 29 heavy (non-hydrogen) atoms. The Morgan fingerprint density at radius 2 is 2.10 bits per heavy atom. The molecule has 2 aromatic carbocycles. The van der Waals surface area contributed by atoms with Gasteiger partial charge in [-0.2, -0.15) is 0 Å². The zero-order valence-corrected chi connectivity index (χ0v) is 16.4. The van der Waals surface area contributed by atoms with Crippen LogP contribution in [0.3, 0.4) is 0 Å². The molecule has 1 amide bonds. The molecule has 0 radical (unpaired) electrons. The fourth-order valence-electron chi connectivity index (χ4n) is 4.12. The highest BCUT2D eigenvalue weighted by Gasteiger charge is 2.17. The van der Waals surface area contributed by atoms with Crippen molar-refractivity contribution in [2.45, 2.75) is 38.1 Å². The molecule has 0 spiro atoms. The molecule has 5 heteroatoms. The van der Waals surface area contributed by atoms with Crippen LogP contribution in [0.25, 0.3) is 16.5 Å². The number of allylic oxidation sites excluding steroid dienone is 1. The minimum Gasteiger partial charge on any atom is -0.369 e. The summed E-state index contributed by atoms with van der Waals surface area (Å²) in [7, 11) is 0. The van der Waals surface area contributed by atoms with Crippen LogP contribution in [-0.2, 0) is 17.6 Å². The van der Waals surface area contributed by atoms with Crippen molar-refractivity contribution in [2.75, 3.05) is 6.54 Å². The minimum atomic E-state index is -0.317. The summed E-state index contributed by atoms with van der Waals surface area (Å²) < 4.78 is 13.7. The highest BCUT2D eigenvalue weighted by Crippen LogP contribution is 2.32. The molecule has 1 aliphatic carbocycles. The fraction of sp³-hybridized carbons (Fsp3) is 0.292. The topological polar surface area (TPSA) is 70.9 Å². The zero-order valence-electron chi connectivity index (χ0n) is 16.4. The summed E-state index contributed by atoms with van der Waals surface area (Å²) in [5, 5.41) is 4.70. The van der Waals surface area contributed by atoms with Gasteiger partial charge in [0, 0.05) is 28.7 Å². The molecule has 0 saturated carbocycles. The Morgan fingerprint density at radius 3 is 2.86 bits per heavy atom. The van der Waals surface area contributed by atoms with Gasteiger partial charge in [0.15, 0.2) is 0 Å². The van der Waals surface area contributed by atoms with E-state index in [2.05, 4.69) is 28.6 Å². The molecule has 1 atom stereocenters. The molecule has 3 aromatic rings. The lowest BCUT2D eigenvalue weighted by Gasteiger charge is -2.23. The molecule has 4 nitrogen and oxygen atoms in total. The van der Waals surface area contributed by atoms with Crippen molar-refractivity contribution in [3.05, 3.63) is 77.2 Å². The lowest BCUT2D eigenvalue weighted by Crippen LogP contribution is -2.32. The van der Waals surface area contributed by atoms with Crippen molar-refractivity contribution < 1.29 is 9.18 Å². The number of rotatable bonds is 7. The SMILES string of the molecule is NC(=O)Cc1ccc2[nH]cc(C3=CCC(NCCc4ccccc4F)CC3)c2c1. The van der Waals surface area contributed by atoms with Crippen LogP contribution in [0.1, 0.15) is 36.0 Å². The summed E-state index contributed by atoms with van der Waals surface area (Å²) in [6, 6.07) is 13.4. The van der Waals surface area contributed by atoms with E-state index in [1.54, 1.807) is 6.07 Å². The number of nitrogens with one attached hydrogen (secondary N) is 2. The molecule has 0 aliphatic heterocycles. The number of H-pyrrole nitrogens is 1. The van der Waals surface area contributed by atoms with Gasteiger partial charge in [0.2, 0.25) is 5.91 Å². The first-order valence-electron chi connectivity index (χ1n) is 10.1. The van der Waals surface area contributed by atoms with Gasteiger partial charge >= 0.3 is 0 Å². The summed E-state index contributed by atoms with van der Waals surface area (Å²) in [4.78, 5) is 14.6. The van der Waals surface area contributed by atoms with Crippen molar-refractivity contribution in [3.63, 3.8) is 0 Å². The molecule has 4 N–H and O–H groups in total. The number of aromatic amines is 1. The number of hydrogen-bond donors (Lipinski definition) is 3. The Labute approximate surface area is 170 Å². The lowest BCUT2D eigenvalue weighted by atomic mass is 9.90. The second-order valence-corrected chi connectivity index (χ2v) is 7.72. The highest BCUT2D eigenvalue weighted by atomic mass is 19.1. The second kappa shape index (κ2) is 8.62. The normalized spacial score (nSPS) is 16.7. The molecule has 1 aromatic heterocycles. The van der Waals surface area contributed by atoms with Crippen LogP contribution in [0.4, 0.5) is 4.39 Å². The molecule has 1 aliphatic rings. The maximum atomic E-state index is 13.7. The number of carbonyl (C=O) groups excluding carboxylic acids is 1. The maximum Gasteiger partial charge on any atom is 0.221 e. The summed E-state index contributed by atoms with van der Waals surface area (Å²) in [6.45, 7) is 0.776. The summed E-state index contributed by atoms with van der Waals surface area (Å²) in [5.74, 6) is -0.446. The van der Waals surface area contributed by atoms with E-state index in [-0.39, 0.29) is 18.1 Å². The van der Waals surface area contributed by atoms with Crippen LogP contribution in [0.5, 0.6) is 0 Å². The summed E-state index contributed by atoms with van der Waals surface area (Å²) in [5.41, 5.74) is 10.6.